The van der Waals surface area contributed by atoms with E-state index in [9.17, 15) is 0 Å². The number of guanidine groups is 1. The van der Waals surface area contributed by atoms with Gasteiger partial charge in [0, 0.05) is 5.56 Å². The molecule has 0 bridgehead atoms. The number of para-hydroxylation sites is 1. The van der Waals surface area contributed by atoms with Crippen molar-refractivity contribution in [2.45, 2.75) is 0 Å². The number of nitrogens with zero attached hydrogens (tertiary/aromatic N) is 2. The average molecular weight is 222 g/mol. The highest BCUT2D eigenvalue weighted by Crippen LogP contribution is 2.29. The van der Waals surface area contributed by atoms with E-state index in [0.717, 1.165) is 5.56 Å². The normalized spacial score (nSPS) is 10.1. The molecule has 0 aliphatic carbocycles. The predicted octanol–water partition coefficient (Wildman–Crippen LogP) is 0.311. The zero-order valence-electron chi connectivity index (χ0n) is 9.18. The van der Waals surface area contributed by atoms with E-state index in [-0.39, 0.29) is 5.96 Å². The van der Waals surface area contributed by atoms with Crippen LogP contribution in [0.5, 0.6) is 11.5 Å². The summed E-state index contributed by atoms with van der Waals surface area (Å²) in [6, 6.07) is 5.42. The molecule has 86 valence electrons. The molecular weight excluding hydrogens is 208 g/mol. The number of hydrogen-bond donors (Lipinski definition) is 2. The summed E-state index contributed by atoms with van der Waals surface area (Å²) in [5.74, 6) is 1.11. The fourth-order valence-electron chi connectivity index (χ4n) is 1.17. The Labute approximate surface area is 93.6 Å². The molecule has 0 saturated heterocycles. The second kappa shape index (κ2) is 5.59. The molecular formula is C10H14N4O2. The van der Waals surface area contributed by atoms with Crippen LogP contribution in [0.2, 0.25) is 0 Å². The Bertz CT molecular complexity index is 411. The summed E-state index contributed by atoms with van der Waals surface area (Å²) in [5.41, 5.74) is 11.0. The third kappa shape index (κ3) is 2.88. The van der Waals surface area contributed by atoms with Crippen molar-refractivity contribution >= 4 is 12.2 Å². The Morgan fingerprint density at radius 1 is 1.25 bits per heavy atom. The van der Waals surface area contributed by atoms with Crippen LogP contribution in [0.15, 0.2) is 28.4 Å². The van der Waals surface area contributed by atoms with E-state index < -0.39 is 0 Å². The fraction of sp³-hybridized carbons (Fsp3) is 0.200. The second-order valence-corrected chi connectivity index (χ2v) is 2.85. The molecule has 6 nitrogen and oxygen atoms in total. The fourth-order valence-corrected chi connectivity index (χ4v) is 1.17. The van der Waals surface area contributed by atoms with E-state index in [1.165, 1.54) is 6.21 Å². The van der Waals surface area contributed by atoms with Crippen molar-refractivity contribution in [3.05, 3.63) is 23.8 Å². The van der Waals surface area contributed by atoms with E-state index >= 15 is 0 Å². The molecule has 0 atom stereocenters. The summed E-state index contributed by atoms with van der Waals surface area (Å²) in [6.07, 6.45) is 1.49. The van der Waals surface area contributed by atoms with E-state index in [4.69, 9.17) is 20.9 Å². The molecule has 0 saturated carbocycles. The molecule has 6 heteroatoms. The van der Waals surface area contributed by atoms with Crippen LogP contribution in [0.25, 0.3) is 0 Å². The molecule has 16 heavy (non-hydrogen) atoms. The highest BCUT2D eigenvalue weighted by Gasteiger charge is 2.06. The number of benzene rings is 1. The summed E-state index contributed by atoms with van der Waals surface area (Å²) in [6.45, 7) is 0. The third-order valence-electron chi connectivity index (χ3n) is 1.80. The molecule has 0 fully saturated rings. The molecule has 0 radical (unpaired) electrons. The van der Waals surface area contributed by atoms with Gasteiger partial charge >= 0.3 is 0 Å². The van der Waals surface area contributed by atoms with Gasteiger partial charge in [-0.25, -0.2) is 0 Å². The van der Waals surface area contributed by atoms with Crippen molar-refractivity contribution in [1.29, 1.82) is 0 Å². The minimum Gasteiger partial charge on any atom is -0.493 e. The number of ether oxygens (including phenoxy) is 2. The van der Waals surface area contributed by atoms with Crippen molar-refractivity contribution < 1.29 is 9.47 Å². The molecule has 0 spiro atoms. The molecule has 4 N–H and O–H groups in total. The van der Waals surface area contributed by atoms with E-state index in [1.807, 2.05) is 12.1 Å². The van der Waals surface area contributed by atoms with Crippen molar-refractivity contribution in [1.82, 2.24) is 0 Å². The Morgan fingerprint density at radius 2 is 2.00 bits per heavy atom. The first-order valence-corrected chi connectivity index (χ1v) is 4.52. The minimum atomic E-state index is -0.0990. The van der Waals surface area contributed by atoms with Crippen LogP contribution >= 0.6 is 0 Å². The van der Waals surface area contributed by atoms with E-state index in [2.05, 4.69) is 10.2 Å². The Kier molecular flexibility index (Phi) is 4.14. The second-order valence-electron chi connectivity index (χ2n) is 2.85. The molecule has 0 aromatic heterocycles. The number of hydrogen-bond acceptors (Lipinski definition) is 4. The van der Waals surface area contributed by atoms with Gasteiger partial charge in [-0.2, -0.15) is 5.10 Å². The van der Waals surface area contributed by atoms with Gasteiger partial charge in [0.1, 0.15) is 0 Å². The molecule has 1 rings (SSSR count). The van der Waals surface area contributed by atoms with Crippen molar-refractivity contribution in [3.63, 3.8) is 0 Å². The molecule has 1 aromatic rings. The zero-order chi connectivity index (χ0) is 12.0. The van der Waals surface area contributed by atoms with Crippen LogP contribution < -0.4 is 20.9 Å². The van der Waals surface area contributed by atoms with Gasteiger partial charge in [-0.05, 0) is 12.1 Å². The largest absolute Gasteiger partial charge is 0.493 e. The Morgan fingerprint density at radius 3 is 2.56 bits per heavy atom. The predicted molar refractivity (Wildman–Crippen MR) is 62.9 cm³/mol. The van der Waals surface area contributed by atoms with Gasteiger partial charge in [0.25, 0.3) is 0 Å². The first-order chi connectivity index (χ1) is 7.69. The van der Waals surface area contributed by atoms with Crippen LogP contribution in [0.3, 0.4) is 0 Å². The zero-order valence-corrected chi connectivity index (χ0v) is 9.18. The molecule has 0 aliphatic rings. The average Bonchev–Trinajstić information content (AvgIpc) is 2.28. The van der Waals surface area contributed by atoms with Crippen molar-refractivity contribution in [3.8, 4) is 11.5 Å². The lowest BCUT2D eigenvalue weighted by atomic mass is 10.2. The monoisotopic (exact) mass is 222 g/mol. The van der Waals surface area contributed by atoms with Crippen molar-refractivity contribution in [2.75, 3.05) is 14.2 Å². The number of methoxy groups -OCH3 is 2. The quantitative estimate of drug-likeness (QED) is 0.435. The topological polar surface area (TPSA) is 95.2 Å². The van der Waals surface area contributed by atoms with Gasteiger partial charge < -0.3 is 20.9 Å². The summed E-state index contributed by atoms with van der Waals surface area (Å²) in [5, 5.41) is 7.20. The number of nitrogens with two attached hydrogens (primary N) is 2. The van der Waals surface area contributed by atoms with Crippen LogP contribution in [-0.4, -0.2) is 26.4 Å². The molecule has 0 aliphatic heterocycles. The smallest absolute Gasteiger partial charge is 0.211 e. The maximum atomic E-state index is 5.20. The van der Waals surface area contributed by atoms with Gasteiger partial charge in [0.15, 0.2) is 11.5 Å². The molecule has 0 heterocycles. The molecule has 0 amide bonds. The summed E-state index contributed by atoms with van der Waals surface area (Å²) < 4.78 is 10.3. The summed E-state index contributed by atoms with van der Waals surface area (Å²) in [7, 11) is 3.12. The lowest BCUT2D eigenvalue weighted by Crippen LogP contribution is -2.21. The highest BCUT2D eigenvalue weighted by atomic mass is 16.5. The third-order valence-corrected chi connectivity index (χ3v) is 1.80. The summed E-state index contributed by atoms with van der Waals surface area (Å²) >= 11 is 0. The minimum absolute atomic E-state index is 0.0990. The summed E-state index contributed by atoms with van der Waals surface area (Å²) in [4.78, 5) is 0. The Balaban J connectivity index is 3.04. The lowest BCUT2D eigenvalue weighted by molar-refractivity contribution is 0.354. The maximum Gasteiger partial charge on any atom is 0.211 e. The first kappa shape index (κ1) is 11.8. The standard InChI is InChI=1S/C10H14N4O2/c1-15-8-5-3-4-7(9(8)16-2)6-13-14-10(11)12/h3-6H,1-2H3,(H4,11,12,14)/b13-6-. The number of rotatable bonds is 4. The maximum absolute atomic E-state index is 5.20. The molecule has 1 aromatic carbocycles. The van der Waals surface area contributed by atoms with Crippen LogP contribution in [-0.2, 0) is 0 Å². The van der Waals surface area contributed by atoms with E-state index in [1.54, 1.807) is 20.3 Å². The Hall–Kier alpha value is -2.24. The van der Waals surface area contributed by atoms with Crippen LogP contribution in [0, 0.1) is 0 Å². The van der Waals surface area contributed by atoms with Crippen LogP contribution in [0.4, 0.5) is 0 Å². The van der Waals surface area contributed by atoms with Gasteiger partial charge in [-0.3, -0.25) is 0 Å². The highest BCUT2D eigenvalue weighted by molar-refractivity contribution is 5.85. The van der Waals surface area contributed by atoms with Gasteiger partial charge in [0.2, 0.25) is 5.96 Å². The first-order valence-electron chi connectivity index (χ1n) is 4.52. The van der Waals surface area contributed by atoms with Gasteiger partial charge in [-0.1, -0.05) is 6.07 Å². The van der Waals surface area contributed by atoms with Crippen molar-refractivity contribution in [2.24, 2.45) is 21.7 Å². The van der Waals surface area contributed by atoms with Gasteiger partial charge in [0.05, 0.1) is 20.4 Å². The SMILES string of the molecule is COc1cccc(/C=N\N=C(N)N)c1OC. The van der Waals surface area contributed by atoms with Gasteiger partial charge in [-0.15, -0.1) is 5.10 Å². The van der Waals surface area contributed by atoms with E-state index in [0.29, 0.717) is 11.5 Å². The lowest BCUT2D eigenvalue weighted by Gasteiger charge is -2.08. The molecule has 0 unspecified atom stereocenters. The van der Waals surface area contributed by atoms with Crippen LogP contribution in [0.1, 0.15) is 5.56 Å².